The number of phenols is 1. The highest BCUT2D eigenvalue weighted by atomic mass is 32.2. The number of hydrogen-bond donors (Lipinski definition) is 1. The van der Waals surface area contributed by atoms with Gasteiger partial charge in [0.25, 0.3) is 0 Å². The second-order valence-corrected chi connectivity index (χ2v) is 4.84. The number of benzene rings is 1. The van der Waals surface area contributed by atoms with E-state index in [-0.39, 0.29) is 15.6 Å². The lowest BCUT2D eigenvalue weighted by Crippen LogP contribution is -2.02. The Balaban J connectivity index is 3.29. The molecule has 0 radical (unpaired) electrons. The molecule has 4 heteroatoms. The minimum atomic E-state index is -3.49. The molecular formula is C11H12O3S. The maximum Gasteiger partial charge on any atom is 0.206 e. The van der Waals surface area contributed by atoms with Crippen molar-refractivity contribution in [3.8, 4) is 5.75 Å². The molecule has 0 amide bonds. The van der Waals surface area contributed by atoms with Gasteiger partial charge in [-0.1, -0.05) is 18.7 Å². The summed E-state index contributed by atoms with van der Waals surface area (Å²) in [6.07, 6.45) is 2.78. The summed E-state index contributed by atoms with van der Waals surface area (Å²) in [5.74, 6) is 0.0366. The van der Waals surface area contributed by atoms with Crippen molar-refractivity contribution in [2.45, 2.75) is 11.8 Å². The lowest BCUT2D eigenvalue weighted by Gasteiger charge is -2.04. The fraction of sp³-hybridized carbons (Fsp3) is 0.0909. The molecule has 0 fully saturated rings. The van der Waals surface area contributed by atoms with E-state index in [1.54, 1.807) is 6.92 Å². The van der Waals surface area contributed by atoms with Crippen molar-refractivity contribution in [2.75, 3.05) is 0 Å². The Morgan fingerprint density at radius 2 is 1.87 bits per heavy atom. The second-order valence-electron chi connectivity index (χ2n) is 2.89. The largest absolute Gasteiger partial charge is 0.508 e. The number of aromatic hydroxyl groups is 1. The van der Waals surface area contributed by atoms with Gasteiger partial charge in [0.05, 0.1) is 9.80 Å². The maximum absolute atomic E-state index is 11.9. The molecule has 1 N–H and O–H groups in total. The van der Waals surface area contributed by atoms with Crippen molar-refractivity contribution in [2.24, 2.45) is 0 Å². The summed E-state index contributed by atoms with van der Waals surface area (Å²) < 4.78 is 23.8. The number of sulfone groups is 1. The molecule has 0 aliphatic carbocycles. The molecule has 0 heterocycles. The van der Waals surface area contributed by atoms with Crippen LogP contribution >= 0.6 is 0 Å². The summed E-state index contributed by atoms with van der Waals surface area (Å²) in [7, 11) is -3.49. The van der Waals surface area contributed by atoms with Gasteiger partial charge in [-0.15, -0.1) is 0 Å². The van der Waals surface area contributed by atoms with Gasteiger partial charge in [0.2, 0.25) is 9.84 Å². The highest BCUT2D eigenvalue weighted by Gasteiger charge is 2.16. The van der Waals surface area contributed by atoms with Crippen LogP contribution in [-0.4, -0.2) is 13.5 Å². The van der Waals surface area contributed by atoms with E-state index in [1.165, 1.54) is 36.4 Å². The van der Waals surface area contributed by atoms with Crippen molar-refractivity contribution in [1.82, 2.24) is 0 Å². The van der Waals surface area contributed by atoms with E-state index < -0.39 is 9.84 Å². The smallest absolute Gasteiger partial charge is 0.206 e. The molecule has 0 unspecified atom stereocenters. The first-order valence-corrected chi connectivity index (χ1v) is 5.83. The molecule has 15 heavy (non-hydrogen) atoms. The first kappa shape index (κ1) is 11.5. The zero-order chi connectivity index (χ0) is 11.5. The Morgan fingerprint density at radius 3 is 2.27 bits per heavy atom. The maximum atomic E-state index is 11.9. The lowest BCUT2D eigenvalue weighted by molar-refractivity contribution is 0.475. The van der Waals surface area contributed by atoms with E-state index in [0.717, 1.165) is 0 Å². The van der Waals surface area contributed by atoms with E-state index in [2.05, 4.69) is 6.58 Å². The molecule has 1 aromatic rings. The quantitative estimate of drug-likeness (QED) is 0.801. The van der Waals surface area contributed by atoms with Crippen LogP contribution in [0.1, 0.15) is 6.92 Å². The van der Waals surface area contributed by atoms with Crippen LogP contribution in [0, 0.1) is 0 Å². The summed E-state index contributed by atoms with van der Waals surface area (Å²) in [4.78, 5) is 0.307. The summed E-state index contributed by atoms with van der Waals surface area (Å²) in [6.45, 7) is 5.08. The van der Waals surface area contributed by atoms with Crippen LogP contribution in [0.3, 0.4) is 0 Å². The van der Waals surface area contributed by atoms with Gasteiger partial charge >= 0.3 is 0 Å². The van der Waals surface area contributed by atoms with Crippen molar-refractivity contribution in [1.29, 1.82) is 0 Å². The summed E-state index contributed by atoms with van der Waals surface area (Å²) >= 11 is 0. The van der Waals surface area contributed by atoms with Gasteiger partial charge in [-0.05, 0) is 31.2 Å². The third kappa shape index (κ3) is 2.27. The van der Waals surface area contributed by atoms with Gasteiger partial charge in [0.15, 0.2) is 0 Å². The molecule has 80 valence electrons. The Hall–Kier alpha value is -1.55. The van der Waals surface area contributed by atoms with Gasteiger partial charge in [-0.2, -0.15) is 0 Å². The molecule has 1 aromatic carbocycles. The summed E-state index contributed by atoms with van der Waals surface area (Å²) in [5.41, 5.74) is 0. The fourth-order valence-electron chi connectivity index (χ4n) is 1.14. The fourth-order valence-corrected chi connectivity index (χ4v) is 2.44. The van der Waals surface area contributed by atoms with E-state index >= 15 is 0 Å². The van der Waals surface area contributed by atoms with Crippen molar-refractivity contribution < 1.29 is 13.5 Å². The van der Waals surface area contributed by atoms with Gasteiger partial charge in [-0.3, -0.25) is 0 Å². The molecule has 0 bridgehead atoms. The molecule has 0 saturated heterocycles. The highest BCUT2D eigenvalue weighted by Crippen LogP contribution is 2.21. The third-order valence-corrected chi connectivity index (χ3v) is 3.86. The predicted octanol–water partition coefficient (Wildman–Crippen LogP) is 2.26. The number of allylic oxidation sites excluding steroid dienone is 2. The van der Waals surface area contributed by atoms with Crippen LogP contribution in [0.25, 0.3) is 0 Å². The molecule has 0 aromatic heterocycles. The van der Waals surface area contributed by atoms with Crippen molar-refractivity contribution in [3.05, 3.63) is 47.9 Å². The minimum Gasteiger partial charge on any atom is -0.508 e. The number of rotatable bonds is 3. The van der Waals surface area contributed by atoms with E-state index in [1.807, 2.05) is 0 Å². The molecule has 0 saturated carbocycles. The van der Waals surface area contributed by atoms with Gasteiger partial charge in [-0.25, -0.2) is 8.42 Å². The standard InChI is InChI=1S/C11H12O3S/c1-3-10(4-2)15(13,14)11-7-5-9(12)6-8-11/h3-8,12H,1H2,2H3. The van der Waals surface area contributed by atoms with Crippen LogP contribution in [0.4, 0.5) is 0 Å². The summed E-state index contributed by atoms with van der Waals surface area (Å²) in [5, 5.41) is 9.05. The number of phenolic OH excluding ortho intramolecular Hbond substituents is 1. The molecule has 1 rings (SSSR count). The molecule has 0 aliphatic heterocycles. The number of hydrogen-bond acceptors (Lipinski definition) is 3. The highest BCUT2D eigenvalue weighted by molar-refractivity contribution is 7.95. The molecular weight excluding hydrogens is 212 g/mol. The van der Waals surface area contributed by atoms with Crippen molar-refractivity contribution >= 4 is 9.84 Å². The molecule has 0 spiro atoms. The lowest BCUT2D eigenvalue weighted by atomic mass is 10.3. The first-order chi connectivity index (χ1) is 7.02. The average molecular weight is 224 g/mol. The van der Waals surface area contributed by atoms with Crippen LogP contribution in [0.15, 0.2) is 52.8 Å². The SMILES string of the molecule is C=CC(=CC)S(=O)(=O)c1ccc(O)cc1. The first-order valence-electron chi connectivity index (χ1n) is 4.35. The Bertz CT molecular complexity index is 481. The van der Waals surface area contributed by atoms with E-state index in [9.17, 15) is 8.42 Å². The van der Waals surface area contributed by atoms with Crippen molar-refractivity contribution in [3.63, 3.8) is 0 Å². The topological polar surface area (TPSA) is 54.4 Å². The normalized spacial score (nSPS) is 12.5. The van der Waals surface area contributed by atoms with Gasteiger partial charge in [0.1, 0.15) is 5.75 Å². The second kappa shape index (κ2) is 4.31. The van der Waals surface area contributed by atoms with Gasteiger partial charge < -0.3 is 5.11 Å². The summed E-state index contributed by atoms with van der Waals surface area (Å²) in [6, 6.07) is 5.39. The zero-order valence-electron chi connectivity index (χ0n) is 8.34. The van der Waals surface area contributed by atoms with Crippen LogP contribution in [0.5, 0.6) is 5.75 Å². The average Bonchev–Trinajstić information content (AvgIpc) is 2.19. The van der Waals surface area contributed by atoms with E-state index in [0.29, 0.717) is 0 Å². The third-order valence-electron chi connectivity index (χ3n) is 1.94. The Kier molecular flexibility index (Phi) is 3.31. The predicted molar refractivity (Wildman–Crippen MR) is 59.2 cm³/mol. The van der Waals surface area contributed by atoms with Crippen LogP contribution in [0.2, 0.25) is 0 Å². The Labute approximate surface area is 89.3 Å². The minimum absolute atomic E-state index is 0.0366. The Morgan fingerprint density at radius 1 is 1.33 bits per heavy atom. The molecule has 3 nitrogen and oxygen atoms in total. The molecule has 0 atom stereocenters. The zero-order valence-corrected chi connectivity index (χ0v) is 9.16. The molecule has 0 aliphatic rings. The van der Waals surface area contributed by atoms with Crippen LogP contribution < -0.4 is 0 Å². The van der Waals surface area contributed by atoms with Gasteiger partial charge in [0, 0.05) is 0 Å². The van der Waals surface area contributed by atoms with Crippen LogP contribution in [-0.2, 0) is 9.84 Å². The van der Waals surface area contributed by atoms with E-state index in [4.69, 9.17) is 5.11 Å². The monoisotopic (exact) mass is 224 g/mol.